The average Bonchev–Trinajstić information content (AvgIpc) is 3.31. The fourth-order valence-corrected chi connectivity index (χ4v) is 4.20. The van der Waals surface area contributed by atoms with Crippen LogP contribution in [0, 0.1) is 0 Å². The van der Waals surface area contributed by atoms with Crippen molar-refractivity contribution in [1.82, 2.24) is 25.1 Å². The molecule has 5 rings (SSSR count). The van der Waals surface area contributed by atoms with Crippen LogP contribution < -0.4 is 19.5 Å². The Morgan fingerprint density at radius 1 is 1.17 bits per heavy atom. The minimum atomic E-state index is -0.155. The number of H-pyrrole nitrogens is 1. The van der Waals surface area contributed by atoms with E-state index in [9.17, 15) is 4.79 Å². The molecule has 4 aromatic rings. The number of amides is 1. The summed E-state index contributed by atoms with van der Waals surface area (Å²) < 4.78 is 17.2. The summed E-state index contributed by atoms with van der Waals surface area (Å²) in [5.41, 5.74) is 2.97. The number of hydrogen-bond donors (Lipinski definition) is 2. The maximum atomic E-state index is 11.8. The monoisotopic (exact) mass is 506 g/mol. The van der Waals surface area contributed by atoms with Gasteiger partial charge in [-0.1, -0.05) is 24.2 Å². The molecule has 2 aromatic heterocycles. The fraction of sp³-hybridized carbons (Fsp3) is 0.200. The molecule has 0 atom stereocenters. The smallest absolute Gasteiger partial charge is 0.246 e. The first-order chi connectivity index (χ1) is 17.5. The SMILES string of the molecule is C=CC(=O)N1CC(Oc2cc3c(Nc4cc(-c5cn[nH]c5Cl)ccc4OC)ncnc3cc2OC)C1. The summed E-state index contributed by atoms with van der Waals surface area (Å²) in [5, 5.41) is 11.2. The molecule has 184 valence electrons. The van der Waals surface area contributed by atoms with Crippen molar-refractivity contribution in [2.24, 2.45) is 0 Å². The number of benzene rings is 2. The highest BCUT2D eigenvalue weighted by atomic mass is 35.5. The van der Waals surface area contributed by atoms with Gasteiger partial charge in [0.25, 0.3) is 0 Å². The van der Waals surface area contributed by atoms with Crippen molar-refractivity contribution in [3.05, 3.63) is 60.7 Å². The van der Waals surface area contributed by atoms with Gasteiger partial charge in [0.05, 0.1) is 44.7 Å². The Hall–Kier alpha value is -4.31. The van der Waals surface area contributed by atoms with Gasteiger partial charge >= 0.3 is 0 Å². The first-order valence-electron chi connectivity index (χ1n) is 11.1. The Bertz CT molecular complexity index is 1450. The Morgan fingerprint density at radius 2 is 1.97 bits per heavy atom. The second kappa shape index (κ2) is 9.74. The summed E-state index contributed by atoms with van der Waals surface area (Å²) in [6.45, 7) is 4.47. The number of methoxy groups -OCH3 is 2. The molecule has 11 heteroatoms. The molecule has 10 nitrogen and oxygen atoms in total. The van der Waals surface area contributed by atoms with Crippen LogP contribution in [0.2, 0.25) is 5.15 Å². The number of likely N-dealkylation sites (tertiary alicyclic amines) is 1. The number of nitrogens with one attached hydrogen (secondary N) is 2. The lowest BCUT2D eigenvalue weighted by Crippen LogP contribution is -2.55. The van der Waals surface area contributed by atoms with Crippen LogP contribution in [-0.2, 0) is 4.79 Å². The molecular weight excluding hydrogens is 484 g/mol. The quantitative estimate of drug-likeness (QED) is 0.341. The van der Waals surface area contributed by atoms with E-state index >= 15 is 0 Å². The zero-order valence-electron chi connectivity index (χ0n) is 19.6. The summed E-state index contributed by atoms with van der Waals surface area (Å²) in [6, 6.07) is 9.27. The Kier molecular flexibility index (Phi) is 6.34. The van der Waals surface area contributed by atoms with Gasteiger partial charge in [0.15, 0.2) is 11.5 Å². The molecule has 0 unspecified atom stereocenters. The van der Waals surface area contributed by atoms with Crippen molar-refractivity contribution in [2.45, 2.75) is 6.10 Å². The summed E-state index contributed by atoms with van der Waals surface area (Å²) in [6.07, 6.45) is 4.27. The molecule has 2 aromatic carbocycles. The summed E-state index contributed by atoms with van der Waals surface area (Å²) in [7, 11) is 3.17. The van der Waals surface area contributed by atoms with E-state index in [1.807, 2.05) is 24.3 Å². The zero-order valence-corrected chi connectivity index (χ0v) is 20.4. The third-order valence-electron chi connectivity index (χ3n) is 5.91. The maximum Gasteiger partial charge on any atom is 0.246 e. The van der Waals surface area contributed by atoms with E-state index in [1.54, 1.807) is 31.4 Å². The van der Waals surface area contributed by atoms with E-state index in [-0.39, 0.29) is 12.0 Å². The number of anilines is 2. The van der Waals surface area contributed by atoms with Gasteiger partial charge in [-0.3, -0.25) is 9.89 Å². The number of hydrogen-bond acceptors (Lipinski definition) is 8. The number of carbonyl (C=O) groups is 1. The number of rotatable bonds is 8. The predicted octanol–water partition coefficient (Wildman–Crippen LogP) is 4.21. The Morgan fingerprint density at radius 3 is 2.67 bits per heavy atom. The standard InChI is InChI=1S/C25H23ClN6O4/c1-4-23(33)32-11-15(12-32)36-22-8-16-18(9-21(22)35-3)27-13-28-25(16)30-19-7-14(5-6-20(19)34-2)17-10-29-31-24(17)26/h4-10,13,15H,1,11-12H2,2-3H3,(H,29,31)(H,27,28,30). The largest absolute Gasteiger partial charge is 0.495 e. The van der Waals surface area contributed by atoms with E-state index in [0.29, 0.717) is 52.5 Å². The summed E-state index contributed by atoms with van der Waals surface area (Å²) >= 11 is 6.23. The number of ether oxygens (including phenoxy) is 3. The average molecular weight is 507 g/mol. The number of fused-ring (bicyclic) bond motifs is 1. The molecule has 1 amide bonds. The van der Waals surface area contributed by atoms with Crippen LogP contribution in [0.1, 0.15) is 0 Å². The third kappa shape index (κ3) is 4.38. The summed E-state index contributed by atoms with van der Waals surface area (Å²) in [5.74, 6) is 2.13. The molecule has 3 heterocycles. The molecule has 36 heavy (non-hydrogen) atoms. The molecule has 1 aliphatic rings. The second-order valence-electron chi connectivity index (χ2n) is 8.07. The van der Waals surface area contributed by atoms with E-state index in [1.165, 1.54) is 12.4 Å². The molecule has 1 aliphatic heterocycles. The van der Waals surface area contributed by atoms with Crippen molar-refractivity contribution < 1.29 is 19.0 Å². The van der Waals surface area contributed by atoms with Gasteiger partial charge in [0.1, 0.15) is 29.2 Å². The van der Waals surface area contributed by atoms with Crippen molar-refractivity contribution in [2.75, 3.05) is 32.6 Å². The fourth-order valence-electron chi connectivity index (χ4n) is 3.99. The molecule has 1 saturated heterocycles. The Balaban J connectivity index is 1.48. The van der Waals surface area contributed by atoms with Gasteiger partial charge in [-0.05, 0) is 29.8 Å². The lowest BCUT2D eigenvalue weighted by Gasteiger charge is -2.38. The van der Waals surface area contributed by atoms with Gasteiger partial charge in [-0.25, -0.2) is 9.97 Å². The number of carbonyl (C=O) groups excluding carboxylic acids is 1. The van der Waals surface area contributed by atoms with Gasteiger partial charge in [0.2, 0.25) is 5.91 Å². The number of halogens is 1. The van der Waals surface area contributed by atoms with Gasteiger partial charge < -0.3 is 24.4 Å². The number of aromatic amines is 1. The lowest BCUT2D eigenvalue weighted by atomic mass is 10.1. The van der Waals surface area contributed by atoms with Crippen LogP contribution in [0.5, 0.6) is 17.2 Å². The first kappa shape index (κ1) is 23.4. The third-order valence-corrected chi connectivity index (χ3v) is 6.19. The highest BCUT2D eigenvalue weighted by molar-refractivity contribution is 6.32. The van der Waals surface area contributed by atoms with Gasteiger partial charge in [0, 0.05) is 17.0 Å². The summed E-state index contributed by atoms with van der Waals surface area (Å²) in [4.78, 5) is 22.3. The van der Waals surface area contributed by atoms with Crippen LogP contribution >= 0.6 is 11.6 Å². The van der Waals surface area contributed by atoms with Crippen molar-refractivity contribution >= 4 is 39.9 Å². The predicted molar refractivity (Wildman–Crippen MR) is 136 cm³/mol. The minimum Gasteiger partial charge on any atom is -0.495 e. The topological polar surface area (TPSA) is 114 Å². The van der Waals surface area contributed by atoms with Gasteiger partial charge in [-0.2, -0.15) is 5.10 Å². The van der Waals surface area contributed by atoms with Crippen LogP contribution in [-0.4, -0.2) is 64.4 Å². The molecule has 2 N–H and O–H groups in total. The van der Waals surface area contributed by atoms with Crippen LogP contribution in [0.15, 0.2) is 55.5 Å². The second-order valence-corrected chi connectivity index (χ2v) is 8.45. The maximum absolute atomic E-state index is 11.8. The van der Waals surface area contributed by atoms with E-state index in [4.69, 9.17) is 25.8 Å². The molecule has 0 spiro atoms. The van der Waals surface area contributed by atoms with Crippen LogP contribution in [0.25, 0.3) is 22.0 Å². The number of nitrogens with zero attached hydrogens (tertiary/aromatic N) is 4. The minimum absolute atomic E-state index is 0.118. The normalized spacial score (nSPS) is 13.2. The highest BCUT2D eigenvalue weighted by Gasteiger charge is 2.31. The molecular formula is C25H23ClN6O4. The molecule has 0 aliphatic carbocycles. The molecule has 0 saturated carbocycles. The highest BCUT2D eigenvalue weighted by Crippen LogP contribution is 2.38. The zero-order chi connectivity index (χ0) is 25.2. The number of aromatic nitrogens is 4. The Labute approximate surface area is 211 Å². The van der Waals surface area contributed by atoms with Crippen LogP contribution in [0.3, 0.4) is 0 Å². The first-order valence-corrected chi connectivity index (χ1v) is 11.4. The molecule has 1 fully saturated rings. The van der Waals surface area contributed by atoms with E-state index < -0.39 is 0 Å². The van der Waals surface area contributed by atoms with Crippen molar-refractivity contribution in [3.8, 4) is 28.4 Å². The van der Waals surface area contributed by atoms with Gasteiger partial charge in [-0.15, -0.1) is 0 Å². The lowest BCUT2D eigenvalue weighted by molar-refractivity contribution is -0.134. The van der Waals surface area contributed by atoms with Crippen molar-refractivity contribution in [1.29, 1.82) is 0 Å². The molecule has 0 bridgehead atoms. The van der Waals surface area contributed by atoms with E-state index in [0.717, 1.165) is 16.5 Å². The van der Waals surface area contributed by atoms with E-state index in [2.05, 4.69) is 32.1 Å². The van der Waals surface area contributed by atoms with Crippen molar-refractivity contribution in [3.63, 3.8) is 0 Å². The van der Waals surface area contributed by atoms with Crippen LogP contribution in [0.4, 0.5) is 11.5 Å². The molecule has 0 radical (unpaired) electrons.